The molecule has 0 radical (unpaired) electrons. The molecule has 1 unspecified atom stereocenters. The topological polar surface area (TPSA) is 54.9 Å². The van der Waals surface area contributed by atoms with Crippen molar-refractivity contribution in [3.63, 3.8) is 0 Å². The van der Waals surface area contributed by atoms with Crippen LogP contribution in [0.25, 0.3) is 0 Å². The number of nitrogens with zero attached hydrogens (tertiary/aromatic N) is 1. The van der Waals surface area contributed by atoms with Crippen molar-refractivity contribution in [3.8, 4) is 5.75 Å². The third kappa shape index (κ3) is 8.12. The molecule has 1 saturated heterocycles. The molecule has 26 heavy (non-hydrogen) atoms. The van der Waals surface area contributed by atoms with Gasteiger partial charge in [-0.3, -0.25) is 4.99 Å². The van der Waals surface area contributed by atoms with E-state index in [-0.39, 0.29) is 30.1 Å². The van der Waals surface area contributed by atoms with Crippen LogP contribution in [0.4, 0.5) is 0 Å². The minimum absolute atomic E-state index is 0. The molecule has 1 aromatic carbocycles. The average molecular weight is 475 g/mol. The largest absolute Gasteiger partial charge is 0.488 e. The Morgan fingerprint density at radius 1 is 1.35 bits per heavy atom. The summed E-state index contributed by atoms with van der Waals surface area (Å²) in [5.74, 6) is 2.52. The van der Waals surface area contributed by atoms with Crippen LogP contribution in [0, 0.1) is 12.8 Å². The summed E-state index contributed by atoms with van der Waals surface area (Å²) >= 11 is 0. The highest BCUT2D eigenvalue weighted by Gasteiger charge is 2.18. The van der Waals surface area contributed by atoms with Crippen molar-refractivity contribution in [1.82, 2.24) is 10.6 Å². The molecule has 0 saturated carbocycles. The number of nitrogens with one attached hydrogen (secondary N) is 2. The van der Waals surface area contributed by atoms with E-state index in [2.05, 4.69) is 54.6 Å². The highest BCUT2D eigenvalue weighted by molar-refractivity contribution is 14.0. The van der Waals surface area contributed by atoms with Crippen molar-refractivity contribution in [2.45, 2.75) is 52.7 Å². The molecule has 0 spiro atoms. The Hall–Kier alpha value is -1.02. The second-order valence-electron chi connectivity index (χ2n) is 7.10. The van der Waals surface area contributed by atoms with Crippen molar-refractivity contribution in [3.05, 3.63) is 29.3 Å². The number of benzene rings is 1. The number of aliphatic imine (C=N–C) groups is 1. The Balaban J connectivity index is 0.00000338. The standard InChI is InChI=1S/C20H33N3O2.HI/c1-15(2)6-5-10-22-20(21-4)23-13-17-8-7-16(3)12-19(17)25-18-9-11-24-14-18;/h7-8,12,15,18H,5-6,9-11,13-14H2,1-4H3,(H2,21,22,23);1H. The molecule has 0 amide bonds. The van der Waals surface area contributed by atoms with E-state index >= 15 is 0 Å². The first-order valence-electron chi connectivity index (χ1n) is 9.37. The highest BCUT2D eigenvalue weighted by atomic mass is 127. The predicted octanol–water partition coefficient (Wildman–Crippen LogP) is 3.88. The maximum atomic E-state index is 6.15. The van der Waals surface area contributed by atoms with E-state index in [9.17, 15) is 0 Å². The van der Waals surface area contributed by atoms with Crippen molar-refractivity contribution in [2.24, 2.45) is 10.9 Å². The first kappa shape index (κ1) is 23.0. The number of aryl methyl sites for hydroxylation is 1. The molecule has 0 aromatic heterocycles. The average Bonchev–Trinajstić information content (AvgIpc) is 3.08. The zero-order valence-corrected chi connectivity index (χ0v) is 18.8. The van der Waals surface area contributed by atoms with Crippen LogP contribution in [-0.4, -0.2) is 38.9 Å². The first-order chi connectivity index (χ1) is 12.1. The highest BCUT2D eigenvalue weighted by Crippen LogP contribution is 2.23. The van der Waals surface area contributed by atoms with Gasteiger partial charge in [0.15, 0.2) is 5.96 Å². The van der Waals surface area contributed by atoms with Crippen LogP contribution in [0.5, 0.6) is 5.75 Å². The van der Waals surface area contributed by atoms with Crippen LogP contribution >= 0.6 is 24.0 Å². The van der Waals surface area contributed by atoms with Gasteiger partial charge in [-0.1, -0.05) is 26.0 Å². The lowest BCUT2D eigenvalue weighted by Gasteiger charge is -2.18. The summed E-state index contributed by atoms with van der Waals surface area (Å²) < 4.78 is 11.6. The van der Waals surface area contributed by atoms with Gasteiger partial charge in [0.25, 0.3) is 0 Å². The molecule has 1 heterocycles. The fourth-order valence-corrected chi connectivity index (χ4v) is 2.82. The fourth-order valence-electron chi connectivity index (χ4n) is 2.82. The van der Waals surface area contributed by atoms with Gasteiger partial charge in [0, 0.05) is 32.1 Å². The third-order valence-corrected chi connectivity index (χ3v) is 4.32. The summed E-state index contributed by atoms with van der Waals surface area (Å²) in [5, 5.41) is 6.76. The first-order valence-corrected chi connectivity index (χ1v) is 9.37. The van der Waals surface area contributed by atoms with Gasteiger partial charge in [0.1, 0.15) is 11.9 Å². The normalized spacial score (nSPS) is 17.1. The van der Waals surface area contributed by atoms with Crippen molar-refractivity contribution in [2.75, 3.05) is 26.8 Å². The summed E-state index contributed by atoms with van der Waals surface area (Å²) in [6, 6.07) is 6.35. The van der Waals surface area contributed by atoms with Gasteiger partial charge in [-0.05, 0) is 37.3 Å². The molecule has 1 aliphatic rings. The number of rotatable bonds is 8. The molecule has 0 bridgehead atoms. The maximum absolute atomic E-state index is 6.15. The molecule has 5 nitrogen and oxygen atoms in total. The van der Waals surface area contributed by atoms with Gasteiger partial charge < -0.3 is 20.1 Å². The van der Waals surface area contributed by atoms with Gasteiger partial charge in [0.2, 0.25) is 0 Å². The van der Waals surface area contributed by atoms with Gasteiger partial charge in [-0.25, -0.2) is 0 Å². The van der Waals surface area contributed by atoms with E-state index in [1.165, 1.54) is 12.0 Å². The summed E-state index contributed by atoms with van der Waals surface area (Å²) in [6.45, 7) is 9.69. The Bertz CT molecular complexity index is 558. The maximum Gasteiger partial charge on any atom is 0.191 e. The molecular weight excluding hydrogens is 441 g/mol. The van der Waals surface area contributed by atoms with E-state index < -0.39 is 0 Å². The van der Waals surface area contributed by atoms with Crippen LogP contribution in [0.15, 0.2) is 23.2 Å². The second kappa shape index (κ2) is 12.4. The van der Waals surface area contributed by atoms with Crippen LogP contribution in [0.1, 0.15) is 44.2 Å². The second-order valence-corrected chi connectivity index (χ2v) is 7.10. The Morgan fingerprint density at radius 2 is 2.15 bits per heavy atom. The summed E-state index contributed by atoms with van der Waals surface area (Å²) in [6.07, 6.45) is 3.50. The van der Waals surface area contributed by atoms with Crippen molar-refractivity contribution >= 4 is 29.9 Å². The number of hydrogen-bond acceptors (Lipinski definition) is 3. The summed E-state index contributed by atoms with van der Waals surface area (Å²) in [5.41, 5.74) is 2.34. The van der Waals surface area contributed by atoms with Crippen LogP contribution < -0.4 is 15.4 Å². The zero-order valence-electron chi connectivity index (χ0n) is 16.5. The molecule has 1 fully saturated rings. The molecule has 2 rings (SSSR count). The minimum atomic E-state index is 0. The van der Waals surface area contributed by atoms with Gasteiger partial charge >= 0.3 is 0 Å². The number of ether oxygens (including phenoxy) is 2. The Morgan fingerprint density at radius 3 is 2.81 bits per heavy atom. The van der Waals surface area contributed by atoms with Crippen LogP contribution in [-0.2, 0) is 11.3 Å². The number of halogens is 1. The van der Waals surface area contributed by atoms with E-state index in [1.54, 1.807) is 7.05 Å². The van der Waals surface area contributed by atoms with Crippen LogP contribution in [0.3, 0.4) is 0 Å². The lowest BCUT2D eigenvalue weighted by Crippen LogP contribution is -2.37. The molecule has 1 aliphatic heterocycles. The molecule has 1 aromatic rings. The van der Waals surface area contributed by atoms with Gasteiger partial charge in [-0.2, -0.15) is 0 Å². The quantitative estimate of drug-likeness (QED) is 0.259. The summed E-state index contributed by atoms with van der Waals surface area (Å²) in [7, 11) is 1.81. The number of guanidine groups is 1. The molecule has 6 heteroatoms. The third-order valence-electron chi connectivity index (χ3n) is 4.32. The SMILES string of the molecule is CN=C(NCCCC(C)C)NCc1ccc(C)cc1OC1CCOC1.I. The Labute approximate surface area is 175 Å². The van der Waals surface area contributed by atoms with E-state index in [0.29, 0.717) is 13.2 Å². The van der Waals surface area contributed by atoms with Gasteiger partial charge in [0.05, 0.1) is 13.2 Å². The smallest absolute Gasteiger partial charge is 0.191 e. The van der Waals surface area contributed by atoms with E-state index in [4.69, 9.17) is 9.47 Å². The number of hydrogen-bond donors (Lipinski definition) is 2. The van der Waals surface area contributed by atoms with Crippen LogP contribution in [0.2, 0.25) is 0 Å². The van der Waals surface area contributed by atoms with Gasteiger partial charge in [-0.15, -0.1) is 24.0 Å². The fraction of sp³-hybridized carbons (Fsp3) is 0.650. The zero-order chi connectivity index (χ0) is 18.1. The Kier molecular flexibility index (Phi) is 11.0. The molecule has 148 valence electrons. The minimum Gasteiger partial charge on any atom is -0.488 e. The van der Waals surface area contributed by atoms with Crippen molar-refractivity contribution in [1.29, 1.82) is 0 Å². The van der Waals surface area contributed by atoms with Crippen molar-refractivity contribution < 1.29 is 9.47 Å². The molecule has 1 atom stereocenters. The molecule has 0 aliphatic carbocycles. The van der Waals surface area contributed by atoms with E-state index in [1.807, 2.05) is 0 Å². The summed E-state index contributed by atoms with van der Waals surface area (Å²) in [4.78, 5) is 4.30. The lowest BCUT2D eigenvalue weighted by atomic mass is 10.1. The predicted molar refractivity (Wildman–Crippen MR) is 119 cm³/mol. The lowest BCUT2D eigenvalue weighted by molar-refractivity contribution is 0.140. The van der Waals surface area contributed by atoms with E-state index in [0.717, 1.165) is 49.2 Å². The molecular formula is C20H34IN3O2. The monoisotopic (exact) mass is 475 g/mol. The molecule has 2 N–H and O–H groups in total.